The first-order valence-electron chi connectivity index (χ1n) is 6.87. The molecule has 1 aromatic carbocycles. The third kappa shape index (κ3) is 4.01. The number of carbonyl (C=O) groups excluding carboxylic acids is 1. The van der Waals surface area contributed by atoms with Crippen LogP contribution >= 0.6 is 0 Å². The van der Waals surface area contributed by atoms with E-state index in [0.29, 0.717) is 18.5 Å². The smallest absolute Gasteiger partial charge is 0.238 e. The van der Waals surface area contributed by atoms with E-state index in [2.05, 4.69) is 5.32 Å². The third-order valence-electron chi connectivity index (χ3n) is 3.59. The number of carbonyl (C=O) groups is 1. The second-order valence-corrected chi connectivity index (χ2v) is 7.13. The van der Waals surface area contributed by atoms with Gasteiger partial charge >= 0.3 is 0 Å². The Morgan fingerprint density at radius 2 is 2.10 bits per heavy atom. The maximum absolute atomic E-state index is 13.5. The lowest BCUT2D eigenvalue weighted by molar-refractivity contribution is -0.125. The zero-order valence-electron chi connectivity index (χ0n) is 11.9. The highest BCUT2D eigenvalue weighted by Gasteiger charge is 2.34. The highest BCUT2D eigenvalue weighted by Crippen LogP contribution is 2.20. The number of benzene rings is 1. The van der Waals surface area contributed by atoms with Crippen molar-refractivity contribution in [3.63, 3.8) is 0 Å². The lowest BCUT2D eigenvalue weighted by Crippen LogP contribution is -2.51. The summed E-state index contributed by atoms with van der Waals surface area (Å²) in [4.78, 5) is 12.2. The molecule has 5 nitrogen and oxygen atoms in total. The van der Waals surface area contributed by atoms with Crippen LogP contribution < -0.4 is 5.32 Å². The van der Waals surface area contributed by atoms with Crippen molar-refractivity contribution in [2.45, 2.75) is 31.8 Å². The van der Waals surface area contributed by atoms with Crippen molar-refractivity contribution in [3.05, 3.63) is 35.6 Å². The zero-order valence-corrected chi connectivity index (χ0v) is 12.7. The number of sulfonamides is 1. The van der Waals surface area contributed by atoms with Gasteiger partial charge in [-0.1, -0.05) is 24.6 Å². The van der Waals surface area contributed by atoms with Gasteiger partial charge in [0.05, 0.1) is 6.26 Å². The van der Waals surface area contributed by atoms with Gasteiger partial charge in [0.25, 0.3) is 0 Å². The monoisotopic (exact) mass is 314 g/mol. The van der Waals surface area contributed by atoms with Gasteiger partial charge in [-0.25, -0.2) is 12.8 Å². The first-order valence-corrected chi connectivity index (χ1v) is 8.72. The zero-order chi connectivity index (χ0) is 15.5. The molecule has 1 aliphatic rings. The van der Waals surface area contributed by atoms with E-state index in [0.717, 1.165) is 19.1 Å². The molecule has 1 N–H and O–H groups in total. The Balaban J connectivity index is 2.03. The third-order valence-corrected chi connectivity index (χ3v) is 4.88. The molecule has 0 aliphatic carbocycles. The average Bonchev–Trinajstić information content (AvgIpc) is 2.45. The van der Waals surface area contributed by atoms with Crippen LogP contribution in [0.25, 0.3) is 0 Å². The van der Waals surface area contributed by atoms with Crippen LogP contribution in [0.5, 0.6) is 0 Å². The molecular weight excluding hydrogens is 295 g/mol. The molecule has 21 heavy (non-hydrogen) atoms. The fourth-order valence-corrected chi connectivity index (χ4v) is 3.63. The summed E-state index contributed by atoms with van der Waals surface area (Å²) in [6.45, 7) is 0.413. The number of rotatable bonds is 4. The molecule has 116 valence electrons. The molecule has 1 aromatic rings. The SMILES string of the molecule is CS(=O)(=O)N1CCCC[C@@H]1C(=O)NCc1ccccc1F. The van der Waals surface area contributed by atoms with Crippen LogP contribution in [-0.4, -0.2) is 37.5 Å². The van der Waals surface area contributed by atoms with Gasteiger partial charge in [0, 0.05) is 18.7 Å². The fraction of sp³-hybridized carbons (Fsp3) is 0.500. The van der Waals surface area contributed by atoms with Gasteiger partial charge in [0.2, 0.25) is 15.9 Å². The average molecular weight is 314 g/mol. The molecule has 0 bridgehead atoms. The van der Waals surface area contributed by atoms with Crippen LogP contribution in [0.15, 0.2) is 24.3 Å². The lowest BCUT2D eigenvalue weighted by atomic mass is 10.0. The first kappa shape index (κ1) is 15.9. The maximum Gasteiger partial charge on any atom is 0.238 e. The summed E-state index contributed by atoms with van der Waals surface area (Å²) in [5.41, 5.74) is 0.382. The van der Waals surface area contributed by atoms with E-state index in [1.165, 1.54) is 10.4 Å². The number of halogens is 1. The Kier molecular flexibility index (Phi) is 4.95. The Morgan fingerprint density at radius 3 is 2.76 bits per heavy atom. The summed E-state index contributed by atoms with van der Waals surface area (Å²) in [6, 6.07) is 5.48. The summed E-state index contributed by atoms with van der Waals surface area (Å²) in [6.07, 6.45) is 3.17. The van der Waals surface area contributed by atoms with Crippen LogP contribution in [-0.2, 0) is 21.4 Å². The molecule has 1 aliphatic heterocycles. The van der Waals surface area contributed by atoms with Gasteiger partial charge in [0.1, 0.15) is 11.9 Å². The van der Waals surface area contributed by atoms with E-state index < -0.39 is 16.1 Å². The summed E-state index contributed by atoms with van der Waals surface area (Å²) >= 11 is 0. The van der Waals surface area contributed by atoms with Crippen LogP contribution in [0.2, 0.25) is 0 Å². The molecule has 0 unspecified atom stereocenters. The highest BCUT2D eigenvalue weighted by atomic mass is 32.2. The minimum atomic E-state index is -3.41. The molecule has 7 heteroatoms. The number of piperidine rings is 1. The predicted octanol–water partition coefficient (Wildman–Crippen LogP) is 1.26. The molecular formula is C14H19FN2O3S. The number of hydrogen-bond donors (Lipinski definition) is 1. The summed E-state index contributed by atoms with van der Waals surface area (Å²) in [5.74, 6) is -0.759. The molecule has 1 heterocycles. The summed E-state index contributed by atoms with van der Waals surface area (Å²) in [7, 11) is -3.41. The maximum atomic E-state index is 13.5. The van der Waals surface area contributed by atoms with Crippen molar-refractivity contribution in [2.75, 3.05) is 12.8 Å². The molecule has 0 aromatic heterocycles. The van der Waals surface area contributed by atoms with E-state index in [-0.39, 0.29) is 18.3 Å². The van der Waals surface area contributed by atoms with Gasteiger partial charge in [-0.15, -0.1) is 0 Å². The largest absolute Gasteiger partial charge is 0.351 e. The summed E-state index contributed by atoms with van der Waals surface area (Å²) in [5, 5.41) is 2.63. The molecule has 1 fully saturated rings. The number of nitrogens with one attached hydrogen (secondary N) is 1. The Hall–Kier alpha value is -1.47. The molecule has 1 amide bonds. The second-order valence-electron chi connectivity index (χ2n) is 5.19. The van der Waals surface area contributed by atoms with Crippen LogP contribution in [0.4, 0.5) is 4.39 Å². The molecule has 0 radical (unpaired) electrons. The van der Waals surface area contributed by atoms with Crippen molar-refractivity contribution in [3.8, 4) is 0 Å². The highest BCUT2D eigenvalue weighted by molar-refractivity contribution is 7.88. The Labute approximate surface area is 124 Å². The number of hydrogen-bond acceptors (Lipinski definition) is 3. The quantitative estimate of drug-likeness (QED) is 0.910. The van der Waals surface area contributed by atoms with Gasteiger partial charge in [-0.3, -0.25) is 4.79 Å². The van der Waals surface area contributed by atoms with Crippen LogP contribution in [0, 0.1) is 5.82 Å². The van der Waals surface area contributed by atoms with Crippen molar-refractivity contribution in [1.82, 2.24) is 9.62 Å². The van der Waals surface area contributed by atoms with Gasteiger partial charge in [0.15, 0.2) is 0 Å². The van der Waals surface area contributed by atoms with E-state index >= 15 is 0 Å². The Bertz CT molecular complexity index is 618. The normalized spacial score (nSPS) is 20.2. The molecule has 2 rings (SSSR count). The van der Waals surface area contributed by atoms with Crippen molar-refractivity contribution in [2.24, 2.45) is 0 Å². The first-order chi connectivity index (χ1) is 9.89. The molecule has 1 saturated heterocycles. The fourth-order valence-electron chi connectivity index (χ4n) is 2.51. The van der Waals surface area contributed by atoms with Crippen molar-refractivity contribution >= 4 is 15.9 Å². The molecule has 0 saturated carbocycles. The van der Waals surface area contributed by atoms with Crippen LogP contribution in [0.3, 0.4) is 0 Å². The number of nitrogens with zero attached hydrogens (tertiary/aromatic N) is 1. The van der Waals surface area contributed by atoms with E-state index in [1.807, 2.05) is 0 Å². The van der Waals surface area contributed by atoms with Gasteiger partial charge in [-0.2, -0.15) is 4.31 Å². The van der Waals surface area contributed by atoms with Gasteiger partial charge < -0.3 is 5.32 Å². The predicted molar refractivity (Wildman–Crippen MR) is 77.4 cm³/mol. The number of amides is 1. The summed E-state index contributed by atoms with van der Waals surface area (Å²) < 4.78 is 38.2. The molecule has 0 spiro atoms. The van der Waals surface area contributed by atoms with Gasteiger partial charge in [-0.05, 0) is 18.9 Å². The topological polar surface area (TPSA) is 66.5 Å². The second kappa shape index (κ2) is 6.53. The van der Waals surface area contributed by atoms with E-state index in [1.54, 1.807) is 18.2 Å². The lowest BCUT2D eigenvalue weighted by Gasteiger charge is -2.32. The Morgan fingerprint density at radius 1 is 1.38 bits per heavy atom. The van der Waals surface area contributed by atoms with Crippen molar-refractivity contribution in [1.29, 1.82) is 0 Å². The van der Waals surface area contributed by atoms with Crippen LogP contribution in [0.1, 0.15) is 24.8 Å². The van der Waals surface area contributed by atoms with E-state index in [4.69, 9.17) is 0 Å². The minimum Gasteiger partial charge on any atom is -0.351 e. The van der Waals surface area contributed by atoms with E-state index in [9.17, 15) is 17.6 Å². The minimum absolute atomic E-state index is 0.0552. The standard InChI is InChI=1S/C14H19FN2O3S/c1-21(19,20)17-9-5-4-8-13(17)14(18)16-10-11-6-2-3-7-12(11)15/h2-3,6-7,13H,4-5,8-10H2,1H3,(H,16,18)/t13-/m1/s1. The van der Waals surface area contributed by atoms with Crippen molar-refractivity contribution < 1.29 is 17.6 Å². The molecule has 1 atom stereocenters.